The van der Waals surface area contributed by atoms with Crippen LogP contribution in [-0.2, 0) is 11.2 Å². The molecule has 0 radical (unpaired) electrons. The molecule has 0 unspecified atom stereocenters. The summed E-state index contributed by atoms with van der Waals surface area (Å²) in [6, 6.07) is 22.0. The van der Waals surface area contributed by atoms with Gasteiger partial charge in [0.25, 0.3) is 5.56 Å². The SMILES string of the molecule is CCOc1ccc(CC(=O)Nc2cccc(-n3c(C)nc4ccccc4c3=O)c2)cc1. The number of nitrogens with zero attached hydrogens (tertiary/aromatic N) is 2. The Balaban J connectivity index is 1.56. The summed E-state index contributed by atoms with van der Waals surface area (Å²) in [7, 11) is 0. The van der Waals surface area contributed by atoms with E-state index in [4.69, 9.17) is 4.74 Å². The number of anilines is 1. The molecule has 1 aromatic heterocycles. The Morgan fingerprint density at radius 3 is 2.58 bits per heavy atom. The van der Waals surface area contributed by atoms with Crippen LogP contribution in [0.1, 0.15) is 18.3 Å². The first-order chi connectivity index (χ1) is 15.0. The molecule has 0 aliphatic rings. The van der Waals surface area contributed by atoms with Gasteiger partial charge in [0.15, 0.2) is 0 Å². The van der Waals surface area contributed by atoms with Crippen LogP contribution in [0.4, 0.5) is 5.69 Å². The van der Waals surface area contributed by atoms with Crippen molar-refractivity contribution in [2.45, 2.75) is 20.3 Å². The molecule has 0 fully saturated rings. The molecule has 3 aromatic carbocycles. The molecule has 0 aliphatic heterocycles. The Hall–Kier alpha value is -3.93. The maximum Gasteiger partial charge on any atom is 0.265 e. The number of fused-ring (bicyclic) bond motifs is 1. The third-order valence-electron chi connectivity index (χ3n) is 4.93. The van der Waals surface area contributed by atoms with E-state index >= 15 is 0 Å². The van der Waals surface area contributed by atoms with Crippen molar-refractivity contribution < 1.29 is 9.53 Å². The van der Waals surface area contributed by atoms with Gasteiger partial charge >= 0.3 is 0 Å². The molecular weight excluding hydrogens is 390 g/mol. The number of hydrogen-bond acceptors (Lipinski definition) is 4. The van der Waals surface area contributed by atoms with Crippen molar-refractivity contribution in [1.82, 2.24) is 9.55 Å². The number of carbonyl (C=O) groups is 1. The molecule has 1 N–H and O–H groups in total. The van der Waals surface area contributed by atoms with Crippen LogP contribution in [0.15, 0.2) is 77.6 Å². The molecule has 1 heterocycles. The van der Waals surface area contributed by atoms with Crippen LogP contribution in [0.5, 0.6) is 5.75 Å². The average molecular weight is 413 g/mol. The van der Waals surface area contributed by atoms with Gasteiger partial charge < -0.3 is 10.1 Å². The molecular formula is C25H23N3O3. The number of hydrogen-bond donors (Lipinski definition) is 1. The monoisotopic (exact) mass is 413 g/mol. The Morgan fingerprint density at radius 2 is 1.81 bits per heavy atom. The molecule has 1 amide bonds. The first-order valence-corrected chi connectivity index (χ1v) is 10.2. The summed E-state index contributed by atoms with van der Waals surface area (Å²) in [6.07, 6.45) is 0.243. The second kappa shape index (κ2) is 8.83. The quantitative estimate of drug-likeness (QED) is 0.512. The van der Waals surface area contributed by atoms with E-state index in [9.17, 15) is 9.59 Å². The highest BCUT2D eigenvalue weighted by atomic mass is 16.5. The van der Waals surface area contributed by atoms with E-state index in [-0.39, 0.29) is 17.9 Å². The number of benzene rings is 3. The highest BCUT2D eigenvalue weighted by molar-refractivity contribution is 5.92. The van der Waals surface area contributed by atoms with Crippen molar-refractivity contribution in [2.75, 3.05) is 11.9 Å². The summed E-state index contributed by atoms with van der Waals surface area (Å²) in [5, 5.41) is 3.46. The first-order valence-electron chi connectivity index (χ1n) is 10.2. The first kappa shape index (κ1) is 20.3. The second-order valence-electron chi connectivity index (χ2n) is 7.17. The number of nitrogens with one attached hydrogen (secondary N) is 1. The fourth-order valence-electron chi connectivity index (χ4n) is 3.53. The molecule has 6 nitrogen and oxygen atoms in total. The van der Waals surface area contributed by atoms with Crippen molar-refractivity contribution in [2.24, 2.45) is 0 Å². The third-order valence-corrected chi connectivity index (χ3v) is 4.93. The maximum absolute atomic E-state index is 13.0. The van der Waals surface area contributed by atoms with Crippen molar-refractivity contribution in [1.29, 1.82) is 0 Å². The van der Waals surface area contributed by atoms with Gasteiger partial charge in [-0.3, -0.25) is 14.2 Å². The summed E-state index contributed by atoms with van der Waals surface area (Å²) in [4.78, 5) is 30.1. The lowest BCUT2D eigenvalue weighted by atomic mass is 10.1. The van der Waals surface area contributed by atoms with Crippen LogP contribution in [0.25, 0.3) is 16.6 Å². The van der Waals surface area contributed by atoms with Crippen LogP contribution in [0.2, 0.25) is 0 Å². The predicted octanol–water partition coefficient (Wildman–Crippen LogP) is 4.27. The predicted molar refractivity (Wildman–Crippen MR) is 122 cm³/mol. The Kier molecular flexibility index (Phi) is 5.80. The number of aromatic nitrogens is 2. The van der Waals surface area contributed by atoms with Gasteiger partial charge in [0, 0.05) is 5.69 Å². The van der Waals surface area contributed by atoms with E-state index in [2.05, 4.69) is 10.3 Å². The number of ether oxygens (including phenoxy) is 1. The number of rotatable bonds is 6. The average Bonchev–Trinajstić information content (AvgIpc) is 2.75. The van der Waals surface area contributed by atoms with Crippen molar-refractivity contribution in [3.05, 3.63) is 94.5 Å². The summed E-state index contributed by atoms with van der Waals surface area (Å²) in [6.45, 7) is 4.33. The molecule has 0 bridgehead atoms. The van der Waals surface area contributed by atoms with Gasteiger partial charge in [0.05, 0.1) is 29.6 Å². The summed E-state index contributed by atoms with van der Waals surface area (Å²) in [5.74, 6) is 1.23. The molecule has 0 aliphatic carbocycles. The molecule has 0 saturated heterocycles. The molecule has 4 rings (SSSR count). The lowest BCUT2D eigenvalue weighted by molar-refractivity contribution is -0.115. The minimum Gasteiger partial charge on any atom is -0.494 e. The zero-order valence-corrected chi connectivity index (χ0v) is 17.5. The topological polar surface area (TPSA) is 73.2 Å². The normalized spacial score (nSPS) is 10.8. The van der Waals surface area contributed by atoms with E-state index in [0.717, 1.165) is 11.3 Å². The van der Waals surface area contributed by atoms with Gasteiger partial charge in [0.1, 0.15) is 11.6 Å². The molecule has 0 saturated carbocycles. The zero-order valence-electron chi connectivity index (χ0n) is 17.5. The third kappa shape index (κ3) is 4.48. The minimum absolute atomic E-state index is 0.137. The smallest absolute Gasteiger partial charge is 0.265 e. The highest BCUT2D eigenvalue weighted by Gasteiger charge is 2.11. The standard InChI is InChI=1S/C25H23N3O3/c1-3-31-21-13-11-18(12-14-21)15-24(29)27-19-7-6-8-20(16-19)28-17(2)26-23-10-5-4-9-22(23)25(28)30/h4-14,16H,3,15H2,1-2H3,(H,27,29). The Bertz CT molecular complexity index is 1290. The minimum atomic E-state index is -0.138. The van der Waals surface area contributed by atoms with Crippen LogP contribution in [0.3, 0.4) is 0 Å². The largest absolute Gasteiger partial charge is 0.494 e. The van der Waals surface area contributed by atoms with Crippen molar-refractivity contribution in [3.63, 3.8) is 0 Å². The van der Waals surface area contributed by atoms with E-state index in [1.165, 1.54) is 0 Å². The molecule has 0 atom stereocenters. The number of aryl methyl sites for hydroxylation is 1. The second-order valence-corrected chi connectivity index (χ2v) is 7.17. The summed E-state index contributed by atoms with van der Waals surface area (Å²) < 4.78 is 6.99. The highest BCUT2D eigenvalue weighted by Crippen LogP contribution is 2.18. The van der Waals surface area contributed by atoms with Gasteiger partial charge in [-0.15, -0.1) is 0 Å². The van der Waals surface area contributed by atoms with Crippen molar-refractivity contribution in [3.8, 4) is 11.4 Å². The fourth-order valence-corrected chi connectivity index (χ4v) is 3.53. The van der Waals surface area contributed by atoms with Crippen molar-refractivity contribution >= 4 is 22.5 Å². The lowest BCUT2D eigenvalue weighted by Gasteiger charge is -2.13. The van der Waals surface area contributed by atoms with E-state index in [0.29, 0.717) is 34.7 Å². The van der Waals surface area contributed by atoms with E-state index < -0.39 is 0 Å². The van der Waals surface area contributed by atoms with Crippen LogP contribution < -0.4 is 15.6 Å². The Morgan fingerprint density at radius 1 is 1.03 bits per heavy atom. The molecule has 6 heteroatoms. The van der Waals surface area contributed by atoms with Crippen LogP contribution in [-0.4, -0.2) is 22.1 Å². The van der Waals surface area contributed by atoms with E-state index in [1.54, 1.807) is 29.7 Å². The zero-order chi connectivity index (χ0) is 21.8. The van der Waals surface area contributed by atoms with Gasteiger partial charge in [-0.1, -0.05) is 30.3 Å². The fraction of sp³-hybridized carbons (Fsp3) is 0.160. The van der Waals surface area contributed by atoms with Gasteiger partial charge in [-0.25, -0.2) is 4.98 Å². The van der Waals surface area contributed by atoms with Gasteiger partial charge in [0.2, 0.25) is 5.91 Å². The maximum atomic E-state index is 13.0. The molecule has 4 aromatic rings. The number of amides is 1. The van der Waals surface area contributed by atoms with Gasteiger partial charge in [-0.05, 0) is 61.9 Å². The molecule has 156 valence electrons. The number of para-hydroxylation sites is 1. The summed E-state index contributed by atoms with van der Waals surface area (Å²) >= 11 is 0. The molecule has 0 spiro atoms. The molecule has 31 heavy (non-hydrogen) atoms. The lowest BCUT2D eigenvalue weighted by Crippen LogP contribution is -2.22. The van der Waals surface area contributed by atoms with Gasteiger partial charge in [-0.2, -0.15) is 0 Å². The van der Waals surface area contributed by atoms with Crippen LogP contribution in [0, 0.1) is 6.92 Å². The Labute approximate surface area is 180 Å². The number of carbonyl (C=O) groups excluding carboxylic acids is 1. The summed E-state index contributed by atoms with van der Waals surface area (Å²) in [5.41, 5.74) is 2.69. The van der Waals surface area contributed by atoms with Crippen LogP contribution >= 0.6 is 0 Å². The van der Waals surface area contributed by atoms with E-state index in [1.807, 2.05) is 61.5 Å².